The van der Waals surface area contributed by atoms with Crippen molar-refractivity contribution in [3.05, 3.63) is 0 Å². The van der Waals surface area contributed by atoms with Crippen LogP contribution in [0.1, 0.15) is 58.8 Å². The SMILES string of the molecule is CCC(CC)CNC(=NC)NCC(=O)NC1CCCCC1. The minimum atomic E-state index is 0.0624. The highest BCUT2D eigenvalue weighted by Gasteiger charge is 2.15. The van der Waals surface area contributed by atoms with E-state index in [9.17, 15) is 4.79 Å². The Hall–Kier alpha value is -1.26. The van der Waals surface area contributed by atoms with Crippen LogP contribution in [-0.2, 0) is 4.79 Å². The summed E-state index contributed by atoms with van der Waals surface area (Å²) < 4.78 is 0. The van der Waals surface area contributed by atoms with Gasteiger partial charge in [0, 0.05) is 19.6 Å². The van der Waals surface area contributed by atoms with Crippen LogP contribution in [0.5, 0.6) is 0 Å². The van der Waals surface area contributed by atoms with E-state index in [-0.39, 0.29) is 5.91 Å². The van der Waals surface area contributed by atoms with E-state index in [0.29, 0.717) is 24.5 Å². The number of carbonyl (C=O) groups excluding carboxylic acids is 1. The van der Waals surface area contributed by atoms with Gasteiger partial charge in [-0.05, 0) is 18.8 Å². The fourth-order valence-electron chi connectivity index (χ4n) is 2.73. The molecule has 0 aliphatic heterocycles. The molecule has 0 spiro atoms. The van der Waals surface area contributed by atoms with Crippen molar-refractivity contribution in [2.24, 2.45) is 10.9 Å². The van der Waals surface area contributed by atoms with Crippen molar-refractivity contribution in [2.75, 3.05) is 20.1 Å². The van der Waals surface area contributed by atoms with Crippen LogP contribution in [0, 0.1) is 5.92 Å². The van der Waals surface area contributed by atoms with Gasteiger partial charge in [0.15, 0.2) is 5.96 Å². The van der Waals surface area contributed by atoms with Crippen molar-refractivity contribution in [3.63, 3.8) is 0 Å². The zero-order chi connectivity index (χ0) is 15.5. The van der Waals surface area contributed by atoms with Crippen molar-refractivity contribution in [3.8, 4) is 0 Å². The molecule has 0 radical (unpaired) electrons. The lowest BCUT2D eigenvalue weighted by Gasteiger charge is -2.23. The summed E-state index contributed by atoms with van der Waals surface area (Å²) in [6.45, 7) is 5.59. The molecule has 122 valence electrons. The first-order valence-electron chi connectivity index (χ1n) is 8.43. The molecule has 21 heavy (non-hydrogen) atoms. The molecule has 1 amide bonds. The minimum absolute atomic E-state index is 0.0624. The molecule has 1 fully saturated rings. The molecule has 0 aromatic carbocycles. The Bertz CT molecular complexity index is 320. The highest BCUT2D eigenvalue weighted by molar-refractivity contribution is 5.86. The van der Waals surface area contributed by atoms with Gasteiger partial charge in [-0.2, -0.15) is 0 Å². The third-order valence-corrected chi connectivity index (χ3v) is 4.32. The zero-order valence-corrected chi connectivity index (χ0v) is 13.9. The number of aliphatic imine (C=N–C) groups is 1. The van der Waals surface area contributed by atoms with E-state index in [2.05, 4.69) is 34.8 Å². The summed E-state index contributed by atoms with van der Waals surface area (Å²) >= 11 is 0. The second-order valence-corrected chi connectivity index (χ2v) is 5.89. The van der Waals surface area contributed by atoms with Crippen LogP contribution >= 0.6 is 0 Å². The van der Waals surface area contributed by atoms with E-state index in [1.165, 1.54) is 19.3 Å². The first kappa shape index (κ1) is 17.8. The number of nitrogens with one attached hydrogen (secondary N) is 3. The van der Waals surface area contributed by atoms with Crippen LogP contribution < -0.4 is 16.0 Å². The first-order chi connectivity index (χ1) is 10.2. The van der Waals surface area contributed by atoms with Gasteiger partial charge in [0.05, 0.1) is 6.54 Å². The second-order valence-electron chi connectivity index (χ2n) is 5.89. The Balaban J connectivity index is 2.22. The molecular weight excluding hydrogens is 264 g/mol. The van der Waals surface area contributed by atoms with Gasteiger partial charge in [-0.1, -0.05) is 46.0 Å². The molecule has 0 aromatic heterocycles. The van der Waals surface area contributed by atoms with Crippen LogP contribution in [-0.4, -0.2) is 38.0 Å². The number of carbonyl (C=O) groups is 1. The van der Waals surface area contributed by atoms with Crippen LogP contribution in [0.25, 0.3) is 0 Å². The molecule has 0 aromatic rings. The third-order valence-electron chi connectivity index (χ3n) is 4.32. The van der Waals surface area contributed by atoms with Gasteiger partial charge in [-0.25, -0.2) is 0 Å². The zero-order valence-electron chi connectivity index (χ0n) is 13.9. The summed E-state index contributed by atoms with van der Waals surface area (Å²) in [6.07, 6.45) is 8.32. The summed E-state index contributed by atoms with van der Waals surface area (Å²) in [5.74, 6) is 1.42. The molecule has 5 heteroatoms. The minimum Gasteiger partial charge on any atom is -0.356 e. The predicted octanol–water partition coefficient (Wildman–Crippen LogP) is 2.04. The topological polar surface area (TPSA) is 65.5 Å². The fourth-order valence-corrected chi connectivity index (χ4v) is 2.73. The van der Waals surface area contributed by atoms with E-state index < -0.39 is 0 Å². The molecule has 3 N–H and O–H groups in total. The second kappa shape index (κ2) is 10.5. The van der Waals surface area contributed by atoms with Crippen LogP contribution in [0.4, 0.5) is 0 Å². The number of guanidine groups is 1. The molecule has 0 saturated heterocycles. The lowest BCUT2D eigenvalue weighted by Crippen LogP contribution is -2.46. The molecule has 1 aliphatic carbocycles. The molecule has 1 aliphatic rings. The van der Waals surface area contributed by atoms with Gasteiger partial charge < -0.3 is 16.0 Å². The maximum atomic E-state index is 11.9. The number of rotatable bonds is 7. The molecule has 0 atom stereocenters. The van der Waals surface area contributed by atoms with Crippen LogP contribution in [0.3, 0.4) is 0 Å². The van der Waals surface area contributed by atoms with Crippen molar-refractivity contribution in [1.29, 1.82) is 0 Å². The van der Waals surface area contributed by atoms with Crippen LogP contribution in [0.2, 0.25) is 0 Å². The molecule has 0 unspecified atom stereocenters. The van der Waals surface area contributed by atoms with Gasteiger partial charge in [-0.3, -0.25) is 9.79 Å². The van der Waals surface area contributed by atoms with Gasteiger partial charge in [-0.15, -0.1) is 0 Å². The summed E-state index contributed by atoms with van der Waals surface area (Å²) in [4.78, 5) is 16.1. The summed E-state index contributed by atoms with van der Waals surface area (Å²) in [6, 6.07) is 0.368. The van der Waals surface area contributed by atoms with Gasteiger partial charge in [0.25, 0.3) is 0 Å². The van der Waals surface area contributed by atoms with Gasteiger partial charge >= 0.3 is 0 Å². The molecular formula is C16H32N4O. The Kier molecular flexibility index (Phi) is 8.87. The van der Waals surface area contributed by atoms with Gasteiger partial charge in [0.1, 0.15) is 0 Å². The number of hydrogen-bond donors (Lipinski definition) is 3. The Morgan fingerprint density at radius 3 is 2.38 bits per heavy atom. The van der Waals surface area contributed by atoms with Crippen LogP contribution in [0.15, 0.2) is 4.99 Å². The Morgan fingerprint density at radius 2 is 1.81 bits per heavy atom. The van der Waals surface area contributed by atoms with Crippen molar-refractivity contribution in [1.82, 2.24) is 16.0 Å². The fraction of sp³-hybridized carbons (Fsp3) is 0.875. The molecule has 1 rings (SSSR count). The van der Waals surface area contributed by atoms with Gasteiger partial charge in [0.2, 0.25) is 5.91 Å². The monoisotopic (exact) mass is 296 g/mol. The Labute approximate surface area is 129 Å². The number of hydrogen-bond acceptors (Lipinski definition) is 2. The molecule has 0 heterocycles. The molecule has 1 saturated carbocycles. The van der Waals surface area contributed by atoms with E-state index in [1.807, 2.05) is 0 Å². The lowest BCUT2D eigenvalue weighted by molar-refractivity contribution is -0.120. The lowest BCUT2D eigenvalue weighted by atomic mass is 9.95. The molecule has 0 bridgehead atoms. The standard InChI is InChI=1S/C16H32N4O/c1-4-13(5-2)11-18-16(17-3)19-12-15(21)20-14-9-7-6-8-10-14/h13-14H,4-12H2,1-3H3,(H,20,21)(H2,17,18,19). The summed E-state index contributed by atoms with van der Waals surface area (Å²) in [5, 5.41) is 9.48. The van der Waals surface area contributed by atoms with Crippen molar-refractivity contribution < 1.29 is 4.79 Å². The van der Waals surface area contributed by atoms with Crippen molar-refractivity contribution >= 4 is 11.9 Å². The third kappa shape index (κ3) is 7.34. The first-order valence-corrected chi connectivity index (χ1v) is 8.43. The highest BCUT2D eigenvalue weighted by atomic mass is 16.2. The average molecular weight is 296 g/mol. The number of nitrogens with zero attached hydrogens (tertiary/aromatic N) is 1. The van der Waals surface area contributed by atoms with E-state index >= 15 is 0 Å². The van der Waals surface area contributed by atoms with E-state index in [0.717, 1.165) is 32.2 Å². The Morgan fingerprint density at radius 1 is 1.14 bits per heavy atom. The van der Waals surface area contributed by atoms with E-state index in [4.69, 9.17) is 0 Å². The maximum absolute atomic E-state index is 11.9. The summed E-state index contributed by atoms with van der Waals surface area (Å²) in [7, 11) is 1.74. The normalized spacial score (nSPS) is 16.9. The number of amides is 1. The largest absolute Gasteiger partial charge is 0.356 e. The quantitative estimate of drug-likeness (QED) is 0.497. The average Bonchev–Trinajstić information content (AvgIpc) is 2.52. The summed E-state index contributed by atoms with van der Waals surface area (Å²) in [5.41, 5.74) is 0. The highest BCUT2D eigenvalue weighted by Crippen LogP contribution is 2.17. The van der Waals surface area contributed by atoms with E-state index in [1.54, 1.807) is 7.05 Å². The molecule has 5 nitrogen and oxygen atoms in total. The maximum Gasteiger partial charge on any atom is 0.239 e. The van der Waals surface area contributed by atoms with Crippen molar-refractivity contribution in [2.45, 2.75) is 64.8 Å². The predicted molar refractivity (Wildman–Crippen MR) is 88.5 cm³/mol. The smallest absolute Gasteiger partial charge is 0.239 e.